The summed E-state index contributed by atoms with van der Waals surface area (Å²) in [6.07, 6.45) is 3.03. The average Bonchev–Trinajstić information content (AvgIpc) is 3.28. The molecule has 0 saturated heterocycles. The molecular weight excluding hydrogens is 442 g/mol. The number of rotatable bonds is 5. The Morgan fingerprint density at radius 3 is 2.14 bits per heavy atom. The normalized spacial score (nSPS) is 11.5. The van der Waals surface area contributed by atoms with Crippen LogP contribution in [-0.4, -0.2) is 4.98 Å². The summed E-state index contributed by atoms with van der Waals surface area (Å²) in [6.45, 7) is 4.53. The van der Waals surface area contributed by atoms with E-state index in [1.54, 1.807) is 0 Å². The standard InChI is InChI=1S/C33H27NS/c1-22(2)19-23-17-18-34-30(20-23)28-16-15-27(25-11-7-4-8-12-25)32-29-14-13-26(21-31(29)35-33(28)32)24-9-5-3-6-10-24/h3-18,20-22H,19H2,1-2H3. The molecule has 0 atom stereocenters. The predicted octanol–water partition coefficient (Wildman–Crippen LogP) is 9.65. The molecule has 0 aliphatic carbocycles. The van der Waals surface area contributed by atoms with E-state index in [1.165, 1.54) is 53.6 Å². The molecule has 2 heteroatoms. The number of hydrogen-bond acceptors (Lipinski definition) is 2. The lowest BCUT2D eigenvalue weighted by atomic mass is 9.95. The zero-order valence-electron chi connectivity index (χ0n) is 20.0. The minimum Gasteiger partial charge on any atom is -0.256 e. The molecule has 6 aromatic rings. The van der Waals surface area contributed by atoms with E-state index >= 15 is 0 Å². The second-order valence-electron chi connectivity index (χ2n) is 9.56. The molecule has 0 unspecified atom stereocenters. The van der Waals surface area contributed by atoms with Crippen molar-refractivity contribution >= 4 is 31.5 Å². The summed E-state index contributed by atoms with van der Waals surface area (Å²) in [4.78, 5) is 4.81. The van der Waals surface area contributed by atoms with Gasteiger partial charge in [-0.05, 0) is 58.4 Å². The lowest BCUT2D eigenvalue weighted by Crippen LogP contribution is -1.95. The SMILES string of the molecule is CC(C)Cc1ccnc(-c2ccc(-c3ccccc3)c3c2sc2cc(-c4ccccc4)ccc23)c1. The molecule has 2 heterocycles. The topological polar surface area (TPSA) is 12.9 Å². The Morgan fingerprint density at radius 1 is 0.686 bits per heavy atom. The summed E-state index contributed by atoms with van der Waals surface area (Å²) >= 11 is 1.88. The number of fused-ring (bicyclic) bond motifs is 3. The second-order valence-corrected chi connectivity index (χ2v) is 10.6. The molecule has 0 N–H and O–H groups in total. The summed E-state index contributed by atoms with van der Waals surface area (Å²) < 4.78 is 2.62. The highest BCUT2D eigenvalue weighted by Crippen LogP contribution is 2.45. The van der Waals surface area contributed by atoms with Crippen LogP contribution in [0.15, 0.2) is 109 Å². The number of pyridine rings is 1. The Kier molecular flexibility index (Phi) is 5.67. The van der Waals surface area contributed by atoms with Gasteiger partial charge in [-0.1, -0.05) is 98.8 Å². The number of aromatic nitrogens is 1. The zero-order valence-corrected chi connectivity index (χ0v) is 20.8. The monoisotopic (exact) mass is 469 g/mol. The fourth-order valence-electron chi connectivity index (χ4n) is 4.97. The molecule has 0 bridgehead atoms. The van der Waals surface area contributed by atoms with Gasteiger partial charge in [-0.2, -0.15) is 0 Å². The Bertz CT molecular complexity index is 1630. The lowest BCUT2D eigenvalue weighted by Gasteiger charge is -2.11. The van der Waals surface area contributed by atoms with E-state index in [4.69, 9.17) is 4.98 Å². The molecule has 0 fully saturated rings. The van der Waals surface area contributed by atoms with E-state index < -0.39 is 0 Å². The third-order valence-electron chi connectivity index (χ3n) is 6.56. The Balaban J connectivity index is 1.61. The maximum atomic E-state index is 4.81. The van der Waals surface area contributed by atoms with Gasteiger partial charge in [0.1, 0.15) is 0 Å². The Hall–Kier alpha value is -3.75. The quantitative estimate of drug-likeness (QED) is 0.245. The van der Waals surface area contributed by atoms with Gasteiger partial charge in [0.15, 0.2) is 0 Å². The van der Waals surface area contributed by atoms with Crippen LogP contribution in [-0.2, 0) is 6.42 Å². The van der Waals surface area contributed by atoms with Crippen molar-refractivity contribution in [2.24, 2.45) is 5.92 Å². The van der Waals surface area contributed by atoms with Gasteiger partial charge < -0.3 is 0 Å². The minimum atomic E-state index is 0.617. The number of benzene rings is 4. The van der Waals surface area contributed by atoms with Gasteiger partial charge in [0.2, 0.25) is 0 Å². The molecule has 0 saturated carbocycles. The molecule has 0 amide bonds. The van der Waals surface area contributed by atoms with Crippen LogP contribution >= 0.6 is 11.3 Å². The van der Waals surface area contributed by atoms with Gasteiger partial charge in [-0.15, -0.1) is 11.3 Å². The maximum absolute atomic E-state index is 4.81. The first kappa shape index (κ1) is 21.8. The van der Waals surface area contributed by atoms with E-state index in [1.807, 2.05) is 17.5 Å². The molecule has 0 radical (unpaired) electrons. The van der Waals surface area contributed by atoms with Crippen LogP contribution in [0, 0.1) is 5.92 Å². The van der Waals surface area contributed by atoms with E-state index in [2.05, 4.69) is 117 Å². The minimum absolute atomic E-state index is 0.617. The van der Waals surface area contributed by atoms with Crippen molar-refractivity contribution in [3.8, 4) is 33.5 Å². The van der Waals surface area contributed by atoms with Crippen LogP contribution in [0.4, 0.5) is 0 Å². The van der Waals surface area contributed by atoms with Crippen molar-refractivity contribution < 1.29 is 0 Å². The van der Waals surface area contributed by atoms with Crippen molar-refractivity contribution in [1.82, 2.24) is 4.98 Å². The predicted molar refractivity (Wildman–Crippen MR) is 152 cm³/mol. The summed E-state index contributed by atoms with van der Waals surface area (Å²) in [5.41, 5.74) is 8.65. The molecule has 4 aromatic carbocycles. The van der Waals surface area contributed by atoms with Crippen LogP contribution < -0.4 is 0 Å². The third kappa shape index (κ3) is 4.15. The van der Waals surface area contributed by atoms with Crippen molar-refractivity contribution in [3.05, 3.63) is 115 Å². The van der Waals surface area contributed by atoms with Gasteiger partial charge in [-0.3, -0.25) is 4.98 Å². The van der Waals surface area contributed by atoms with Crippen molar-refractivity contribution in [2.75, 3.05) is 0 Å². The van der Waals surface area contributed by atoms with Gasteiger partial charge in [0.25, 0.3) is 0 Å². The smallest absolute Gasteiger partial charge is 0.0719 e. The summed E-state index contributed by atoms with van der Waals surface area (Å²) in [5.74, 6) is 0.617. The summed E-state index contributed by atoms with van der Waals surface area (Å²) in [6, 6.07) is 37.2. The van der Waals surface area contributed by atoms with Gasteiger partial charge in [-0.25, -0.2) is 0 Å². The number of hydrogen-bond donors (Lipinski definition) is 0. The molecule has 1 nitrogen and oxygen atoms in total. The van der Waals surface area contributed by atoms with Crippen molar-refractivity contribution in [3.63, 3.8) is 0 Å². The summed E-state index contributed by atoms with van der Waals surface area (Å²) in [7, 11) is 0. The molecule has 0 spiro atoms. The van der Waals surface area contributed by atoms with Crippen molar-refractivity contribution in [2.45, 2.75) is 20.3 Å². The van der Waals surface area contributed by atoms with Crippen LogP contribution in [0.3, 0.4) is 0 Å². The maximum Gasteiger partial charge on any atom is 0.0719 e. The van der Waals surface area contributed by atoms with E-state index in [0.29, 0.717) is 5.92 Å². The van der Waals surface area contributed by atoms with Gasteiger partial charge in [0.05, 0.1) is 5.69 Å². The second kappa shape index (κ2) is 9.13. The number of thiophene rings is 1. The highest BCUT2D eigenvalue weighted by molar-refractivity contribution is 7.26. The number of nitrogens with zero attached hydrogens (tertiary/aromatic N) is 1. The van der Waals surface area contributed by atoms with Gasteiger partial charge >= 0.3 is 0 Å². The molecule has 0 aliphatic rings. The Morgan fingerprint density at radius 2 is 1.40 bits per heavy atom. The molecule has 170 valence electrons. The molecule has 2 aromatic heterocycles. The molecule has 35 heavy (non-hydrogen) atoms. The fourth-order valence-corrected chi connectivity index (χ4v) is 6.26. The highest BCUT2D eigenvalue weighted by atomic mass is 32.1. The highest BCUT2D eigenvalue weighted by Gasteiger charge is 2.17. The zero-order chi connectivity index (χ0) is 23.8. The molecule has 0 aliphatic heterocycles. The van der Waals surface area contributed by atoms with E-state index in [9.17, 15) is 0 Å². The van der Waals surface area contributed by atoms with Gasteiger partial charge in [0, 0.05) is 31.9 Å². The first-order valence-corrected chi connectivity index (χ1v) is 13.0. The first-order valence-electron chi connectivity index (χ1n) is 12.2. The van der Waals surface area contributed by atoms with E-state index in [-0.39, 0.29) is 0 Å². The lowest BCUT2D eigenvalue weighted by molar-refractivity contribution is 0.647. The summed E-state index contributed by atoms with van der Waals surface area (Å²) in [5, 5.41) is 2.63. The van der Waals surface area contributed by atoms with Crippen LogP contribution in [0.25, 0.3) is 53.7 Å². The molecular formula is C33H27NS. The first-order chi connectivity index (χ1) is 17.2. The fraction of sp³-hybridized carbons (Fsp3) is 0.121. The van der Waals surface area contributed by atoms with Crippen LogP contribution in [0.5, 0.6) is 0 Å². The van der Waals surface area contributed by atoms with Crippen molar-refractivity contribution in [1.29, 1.82) is 0 Å². The average molecular weight is 470 g/mol. The van der Waals surface area contributed by atoms with Crippen LogP contribution in [0.1, 0.15) is 19.4 Å². The van der Waals surface area contributed by atoms with Crippen LogP contribution in [0.2, 0.25) is 0 Å². The molecule has 6 rings (SSSR count). The Labute approximate surface area is 210 Å². The third-order valence-corrected chi connectivity index (χ3v) is 7.74. The van der Waals surface area contributed by atoms with E-state index in [0.717, 1.165) is 12.1 Å². The largest absolute Gasteiger partial charge is 0.256 e.